The summed E-state index contributed by atoms with van der Waals surface area (Å²) < 4.78 is 0. The minimum absolute atomic E-state index is 0. The van der Waals surface area contributed by atoms with Crippen LogP contribution in [0, 0.1) is 12.3 Å². The highest BCUT2D eigenvalue weighted by Crippen LogP contribution is 2.03. The van der Waals surface area contributed by atoms with Crippen molar-refractivity contribution in [3.05, 3.63) is 11.6 Å². The first-order valence-electron chi connectivity index (χ1n) is 4.34. The molecule has 4 heteroatoms. The molecule has 78 valence electrons. The second-order valence-corrected chi connectivity index (χ2v) is 2.85. The van der Waals surface area contributed by atoms with Gasteiger partial charge in [0.2, 0.25) is 0 Å². The molecule has 1 N–H and O–H groups in total. The van der Waals surface area contributed by atoms with Gasteiger partial charge in [-0.25, -0.2) is 0 Å². The van der Waals surface area contributed by atoms with E-state index in [4.69, 9.17) is 11.3 Å². The van der Waals surface area contributed by atoms with Crippen molar-refractivity contribution in [2.75, 3.05) is 19.7 Å². The molecule has 0 saturated carbocycles. The van der Waals surface area contributed by atoms with Crippen LogP contribution < -0.4 is 5.32 Å². The average molecular weight is 215 g/mol. The number of terminal acetylenes is 1. The van der Waals surface area contributed by atoms with Crippen LogP contribution in [0.5, 0.6) is 0 Å². The van der Waals surface area contributed by atoms with Gasteiger partial charge in [-0.2, -0.15) is 0 Å². The lowest BCUT2D eigenvalue weighted by Crippen LogP contribution is -2.25. The minimum atomic E-state index is 0. The molecule has 14 heavy (non-hydrogen) atoms. The van der Waals surface area contributed by atoms with Crippen molar-refractivity contribution in [1.29, 1.82) is 0 Å². The third-order valence-corrected chi connectivity index (χ3v) is 1.84. The molecule has 0 aromatic rings. The molecule has 0 amide bonds. The van der Waals surface area contributed by atoms with E-state index in [0.29, 0.717) is 0 Å². The zero-order valence-electron chi connectivity index (χ0n) is 8.25. The van der Waals surface area contributed by atoms with Crippen LogP contribution in [0.4, 0.5) is 0 Å². The Balaban J connectivity index is 0.00000169. The molecule has 0 aromatic heterocycles. The van der Waals surface area contributed by atoms with Crippen molar-refractivity contribution < 1.29 is 4.84 Å². The lowest BCUT2D eigenvalue weighted by molar-refractivity contribution is 0.179. The molecular weight excluding hydrogens is 200 g/mol. The highest BCUT2D eigenvalue weighted by Gasteiger charge is 2.05. The zero-order chi connectivity index (χ0) is 9.52. The third kappa shape index (κ3) is 4.31. The SMILES string of the molecule is C#CCON=C(C)C1=CCCNC1.Cl. The predicted octanol–water partition coefficient (Wildman–Crippen LogP) is 1.35. The number of nitrogens with one attached hydrogen (secondary N) is 1. The molecule has 1 aliphatic heterocycles. The number of oxime groups is 1. The average Bonchev–Trinajstić information content (AvgIpc) is 2.19. The van der Waals surface area contributed by atoms with Crippen LogP contribution in [0.2, 0.25) is 0 Å². The topological polar surface area (TPSA) is 33.6 Å². The Labute approximate surface area is 91.0 Å². The Morgan fingerprint density at radius 1 is 1.79 bits per heavy atom. The fourth-order valence-corrected chi connectivity index (χ4v) is 1.14. The van der Waals surface area contributed by atoms with Gasteiger partial charge in [-0.1, -0.05) is 17.2 Å². The number of halogens is 1. The molecule has 3 nitrogen and oxygen atoms in total. The summed E-state index contributed by atoms with van der Waals surface area (Å²) in [6, 6.07) is 0. The predicted molar refractivity (Wildman–Crippen MR) is 60.7 cm³/mol. The Hall–Kier alpha value is -0.980. The van der Waals surface area contributed by atoms with Gasteiger partial charge in [-0.15, -0.1) is 18.8 Å². The van der Waals surface area contributed by atoms with Gasteiger partial charge in [0.1, 0.15) is 0 Å². The molecule has 1 aliphatic rings. The van der Waals surface area contributed by atoms with E-state index in [1.165, 1.54) is 5.57 Å². The molecule has 0 bridgehead atoms. The number of nitrogens with zero attached hydrogens (tertiary/aromatic N) is 1. The first-order valence-corrected chi connectivity index (χ1v) is 4.34. The summed E-state index contributed by atoms with van der Waals surface area (Å²) in [4.78, 5) is 4.88. The van der Waals surface area contributed by atoms with Gasteiger partial charge in [0, 0.05) is 6.54 Å². The van der Waals surface area contributed by atoms with Gasteiger partial charge in [0.25, 0.3) is 0 Å². The van der Waals surface area contributed by atoms with Crippen LogP contribution in [0.25, 0.3) is 0 Å². The fourth-order valence-electron chi connectivity index (χ4n) is 1.14. The monoisotopic (exact) mass is 214 g/mol. The van der Waals surface area contributed by atoms with Crippen LogP contribution in [0.3, 0.4) is 0 Å². The second kappa shape index (κ2) is 7.43. The van der Waals surface area contributed by atoms with Crippen molar-refractivity contribution in [3.63, 3.8) is 0 Å². The number of hydrogen-bond acceptors (Lipinski definition) is 3. The Morgan fingerprint density at radius 2 is 2.57 bits per heavy atom. The van der Waals surface area contributed by atoms with E-state index in [2.05, 4.69) is 22.5 Å². The summed E-state index contributed by atoms with van der Waals surface area (Å²) in [5, 5.41) is 7.16. The molecule has 0 saturated heterocycles. The fraction of sp³-hybridized carbons (Fsp3) is 0.500. The second-order valence-electron chi connectivity index (χ2n) is 2.85. The quantitative estimate of drug-likeness (QED) is 0.333. The maximum atomic E-state index is 5.02. The van der Waals surface area contributed by atoms with E-state index in [1.54, 1.807) is 0 Å². The lowest BCUT2D eigenvalue weighted by atomic mass is 10.1. The van der Waals surface area contributed by atoms with Gasteiger partial charge >= 0.3 is 0 Å². The van der Waals surface area contributed by atoms with Crippen molar-refractivity contribution >= 4 is 18.1 Å². The summed E-state index contributed by atoms with van der Waals surface area (Å²) in [5.74, 6) is 2.36. The molecule has 0 radical (unpaired) electrons. The van der Waals surface area contributed by atoms with E-state index >= 15 is 0 Å². The van der Waals surface area contributed by atoms with Crippen LogP contribution in [-0.2, 0) is 4.84 Å². The van der Waals surface area contributed by atoms with Crippen LogP contribution >= 0.6 is 12.4 Å². The van der Waals surface area contributed by atoms with E-state index in [1.807, 2.05) is 6.92 Å². The summed E-state index contributed by atoms with van der Waals surface area (Å²) in [7, 11) is 0. The number of rotatable bonds is 3. The normalized spacial score (nSPS) is 16.3. The Bertz CT molecular complexity index is 266. The maximum Gasteiger partial charge on any atom is 0.177 e. The largest absolute Gasteiger partial charge is 0.382 e. The third-order valence-electron chi connectivity index (χ3n) is 1.84. The molecule has 0 atom stereocenters. The first-order chi connectivity index (χ1) is 6.34. The summed E-state index contributed by atoms with van der Waals surface area (Å²) in [6.07, 6.45) is 8.25. The van der Waals surface area contributed by atoms with Crippen LogP contribution in [-0.4, -0.2) is 25.4 Å². The molecule has 0 fully saturated rings. The van der Waals surface area contributed by atoms with Gasteiger partial charge in [0.05, 0.1) is 5.71 Å². The van der Waals surface area contributed by atoms with E-state index in [0.717, 1.165) is 25.2 Å². The van der Waals surface area contributed by atoms with Crippen molar-refractivity contribution in [1.82, 2.24) is 5.32 Å². The zero-order valence-corrected chi connectivity index (χ0v) is 9.06. The highest BCUT2D eigenvalue weighted by molar-refractivity contribution is 5.98. The van der Waals surface area contributed by atoms with E-state index in [9.17, 15) is 0 Å². The van der Waals surface area contributed by atoms with Gasteiger partial charge in [-0.3, -0.25) is 0 Å². The standard InChI is InChI=1S/C10H14N2O.ClH/c1-3-7-13-12-9(2)10-5-4-6-11-8-10;/h1,5,11H,4,6-8H2,2H3;1H. The smallest absolute Gasteiger partial charge is 0.177 e. The molecular formula is C10H15ClN2O. The molecule has 1 heterocycles. The van der Waals surface area contributed by atoms with E-state index in [-0.39, 0.29) is 19.0 Å². The van der Waals surface area contributed by atoms with Crippen LogP contribution in [0.15, 0.2) is 16.8 Å². The summed E-state index contributed by atoms with van der Waals surface area (Å²) in [6.45, 7) is 4.07. The Kier molecular flexibility index (Phi) is 6.91. The molecule has 0 unspecified atom stereocenters. The lowest BCUT2D eigenvalue weighted by Gasteiger charge is -2.13. The van der Waals surface area contributed by atoms with Gasteiger partial charge < -0.3 is 10.2 Å². The van der Waals surface area contributed by atoms with Crippen molar-refractivity contribution in [2.24, 2.45) is 5.16 Å². The van der Waals surface area contributed by atoms with Crippen molar-refractivity contribution in [2.45, 2.75) is 13.3 Å². The Morgan fingerprint density at radius 3 is 3.14 bits per heavy atom. The number of hydrogen-bond donors (Lipinski definition) is 1. The minimum Gasteiger partial charge on any atom is -0.382 e. The van der Waals surface area contributed by atoms with Crippen LogP contribution in [0.1, 0.15) is 13.3 Å². The maximum absolute atomic E-state index is 5.02. The van der Waals surface area contributed by atoms with E-state index < -0.39 is 0 Å². The molecule has 0 spiro atoms. The summed E-state index contributed by atoms with van der Waals surface area (Å²) in [5.41, 5.74) is 2.10. The summed E-state index contributed by atoms with van der Waals surface area (Å²) >= 11 is 0. The first kappa shape index (κ1) is 13.0. The van der Waals surface area contributed by atoms with Gasteiger partial charge in [0.15, 0.2) is 6.61 Å². The molecule has 0 aromatic carbocycles. The highest BCUT2D eigenvalue weighted by atomic mass is 35.5. The molecule has 0 aliphatic carbocycles. The van der Waals surface area contributed by atoms with Gasteiger partial charge in [-0.05, 0) is 25.5 Å². The molecule has 1 rings (SSSR count). The van der Waals surface area contributed by atoms with Crippen molar-refractivity contribution in [3.8, 4) is 12.3 Å².